The number of rotatable bonds is 3. The zero-order valence-corrected chi connectivity index (χ0v) is 13.1. The van der Waals surface area contributed by atoms with E-state index in [-0.39, 0.29) is 24.4 Å². The molecule has 3 nitrogen and oxygen atoms in total. The maximum atomic E-state index is 12.4. The first kappa shape index (κ1) is 17.0. The minimum Gasteiger partial charge on any atom is -0.351 e. The van der Waals surface area contributed by atoms with Gasteiger partial charge in [-0.3, -0.25) is 4.79 Å². The van der Waals surface area contributed by atoms with Gasteiger partial charge in [0.15, 0.2) is 0 Å². The minimum atomic E-state index is -0.956. The van der Waals surface area contributed by atoms with Gasteiger partial charge in [0.1, 0.15) is 5.54 Å². The molecule has 4 heteroatoms. The van der Waals surface area contributed by atoms with Gasteiger partial charge < -0.3 is 11.1 Å². The highest BCUT2D eigenvalue weighted by atomic mass is 35.5. The Labute approximate surface area is 127 Å². The van der Waals surface area contributed by atoms with Crippen molar-refractivity contribution < 1.29 is 4.79 Å². The number of halogens is 1. The number of benzene rings is 1. The molecule has 1 amide bonds. The molecule has 0 bridgehead atoms. The number of hydrogen-bond acceptors (Lipinski definition) is 2. The highest BCUT2D eigenvalue weighted by molar-refractivity contribution is 5.87. The van der Waals surface area contributed by atoms with Crippen LogP contribution in [0.4, 0.5) is 0 Å². The quantitative estimate of drug-likeness (QED) is 0.901. The Balaban J connectivity index is 0.00000200. The van der Waals surface area contributed by atoms with Crippen molar-refractivity contribution >= 4 is 18.3 Å². The standard InChI is InChI=1S/C16H24N2O.ClH/c1-12-7-6-10-14(11-12)18-15(19)16(2,17)13-8-4-3-5-9-13;/h3-5,8-9,12,14H,6-7,10-11,17H2,1-2H3,(H,18,19);1H. The predicted octanol–water partition coefficient (Wildman–Crippen LogP) is 2.98. The van der Waals surface area contributed by atoms with Crippen LogP contribution in [0.25, 0.3) is 0 Å². The molecule has 0 saturated heterocycles. The molecule has 0 radical (unpaired) electrons. The maximum Gasteiger partial charge on any atom is 0.244 e. The van der Waals surface area contributed by atoms with Crippen LogP contribution in [-0.4, -0.2) is 11.9 Å². The second-order valence-electron chi connectivity index (χ2n) is 6.01. The average Bonchev–Trinajstić information content (AvgIpc) is 2.39. The van der Waals surface area contributed by atoms with Gasteiger partial charge in [-0.2, -0.15) is 0 Å². The zero-order valence-electron chi connectivity index (χ0n) is 12.3. The molecule has 2 rings (SSSR count). The highest BCUT2D eigenvalue weighted by Crippen LogP contribution is 2.25. The predicted molar refractivity (Wildman–Crippen MR) is 84.8 cm³/mol. The van der Waals surface area contributed by atoms with Crippen molar-refractivity contribution in [1.82, 2.24) is 5.32 Å². The first-order chi connectivity index (χ1) is 9.00. The normalized spacial score (nSPS) is 25.1. The van der Waals surface area contributed by atoms with Gasteiger partial charge in [0, 0.05) is 6.04 Å². The maximum absolute atomic E-state index is 12.4. The van der Waals surface area contributed by atoms with E-state index in [1.54, 1.807) is 6.92 Å². The molecule has 0 aromatic heterocycles. The summed E-state index contributed by atoms with van der Waals surface area (Å²) in [6.07, 6.45) is 4.60. The van der Waals surface area contributed by atoms with Crippen LogP contribution in [0.1, 0.15) is 45.1 Å². The van der Waals surface area contributed by atoms with Crippen molar-refractivity contribution in [2.75, 3.05) is 0 Å². The molecular formula is C16H25ClN2O. The SMILES string of the molecule is CC1CCCC(NC(=O)C(C)(N)c2ccccc2)C1.Cl. The number of amides is 1. The van der Waals surface area contributed by atoms with Crippen molar-refractivity contribution in [2.45, 2.75) is 51.1 Å². The van der Waals surface area contributed by atoms with Crippen LogP contribution < -0.4 is 11.1 Å². The molecule has 20 heavy (non-hydrogen) atoms. The number of nitrogens with two attached hydrogens (primary N) is 1. The summed E-state index contributed by atoms with van der Waals surface area (Å²) in [6, 6.07) is 9.85. The lowest BCUT2D eigenvalue weighted by Crippen LogP contribution is -2.52. The van der Waals surface area contributed by atoms with E-state index < -0.39 is 5.54 Å². The molecule has 0 spiro atoms. The summed E-state index contributed by atoms with van der Waals surface area (Å²) in [7, 11) is 0. The molecule has 3 atom stereocenters. The molecule has 0 heterocycles. The number of hydrogen-bond donors (Lipinski definition) is 2. The molecule has 112 valence electrons. The first-order valence-electron chi connectivity index (χ1n) is 7.15. The van der Waals surface area contributed by atoms with Crippen molar-refractivity contribution in [3.63, 3.8) is 0 Å². The smallest absolute Gasteiger partial charge is 0.244 e. The van der Waals surface area contributed by atoms with Crippen molar-refractivity contribution in [2.24, 2.45) is 11.7 Å². The van der Waals surface area contributed by atoms with E-state index in [4.69, 9.17) is 5.73 Å². The zero-order chi connectivity index (χ0) is 13.9. The number of carbonyl (C=O) groups excluding carboxylic acids is 1. The Morgan fingerprint density at radius 1 is 1.30 bits per heavy atom. The second-order valence-corrected chi connectivity index (χ2v) is 6.01. The fraction of sp³-hybridized carbons (Fsp3) is 0.562. The Morgan fingerprint density at radius 2 is 1.95 bits per heavy atom. The van der Waals surface area contributed by atoms with Gasteiger partial charge in [-0.25, -0.2) is 0 Å². The van der Waals surface area contributed by atoms with Gasteiger partial charge in [0.05, 0.1) is 0 Å². The lowest BCUT2D eigenvalue weighted by Gasteiger charge is -2.31. The summed E-state index contributed by atoms with van der Waals surface area (Å²) in [6.45, 7) is 4.03. The van der Waals surface area contributed by atoms with Crippen molar-refractivity contribution in [1.29, 1.82) is 0 Å². The number of carbonyl (C=O) groups is 1. The topological polar surface area (TPSA) is 55.1 Å². The summed E-state index contributed by atoms with van der Waals surface area (Å²) in [4.78, 5) is 12.4. The molecule has 1 aliphatic carbocycles. The first-order valence-corrected chi connectivity index (χ1v) is 7.15. The Kier molecular flexibility index (Phi) is 6.03. The largest absolute Gasteiger partial charge is 0.351 e. The molecule has 0 aliphatic heterocycles. The summed E-state index contributed by atoms with van der Waals surface area (Å²) >= 11 is 0. The van der Waals surface area contributed by atoms with E-state index in [9.17, 15) is 4.79 Å². The van der Waals surface area contributed by atoms with Crippen LogP contribution in [0.3, 0.4) is 0 Å². The summed E-state index contributed by atoms with van der Waals surface area (Å²) in [5, 5.41) is 3.12. The molecule has 1 aromatic carbocycles. The summed E-state index contributed by atoms with van der Waals surface area (Å²) in [5.74, 6) is 0.623. The van der Waals surface area contributed by atoms with E-state index in [2.05, 4.69) is 12.2 Å². The molecule has 1 aromatic rings. The van der Waals surface area contributed by atoms with Gasteiger partial charge in [0.25, 0.3) is 0 Å². The molecule has 1 aliphatic rings. The summed E-state index contributed by atoms with van der Waals surface area (Å²) < 4.78 is 0. The minimum absolute atomic E-state index is 0. The van der Waals surface area contributed by atoms with E-state index in [1.807, 2.05) is 30.3 Å². The molecule has 1 saturated carbocycles. The van der Waals surface area contributed by atoms with Crippen LogP contribution in [-0.2, 0) is 10.3 Å². The van der Waals surface area contributed by atoms with Gasteiger partial charge in [-0.1, -0.05) is 50.1 Å². The van der Waals surface area contributed by atoms with Crippen LogP contribution in [0.2, 0.25) is 0 Å². The van der Waals surface area contributed by atoms with Crippen LogP contribution >= 0.6 is 12.4 Å². The van der Waals surface area contributed by atoms with Gasteiger partial charge >= 0.3 is 0 Å². The van der Waals surface area contributed by atoms with Crippen LogP contribution in [0, 0.1) is 5.92 Å². The van der Waals surface area contributed by atoms with E-state index in [0.29, 0.717) is 5.92 Å². The highest BCUT2D eigenvalue weighted by Gasteiger charge is 2.32. The fourth-order valence-corrected chi connectivity index (χ4v) is 2.82. The Hall–Kier alpha value is -1.06. The third-order valence-electron chi connectivity index (χ3n) is 4.12. The summed E-state index contributed by atoms with van der Waals surface area (Å²) in [5.41, 5.74) is 6.12. The van der Waals surface area contributed by atoms with Gasteiger partial charge in [-0.05, 0) is 31.2 Å². The molecule has 1 fully saturated rings. The fourth-order valence-electron chi connectivity index (χ4n) is 2.82. The van der Waals surface area contributed by atoms with E-state index in [1.165, 1.54) is 12.8 Å². The Bertz CT molecular complexity index is 433. The van der Waals surface area contributed by atoms with Crippen molar-refractivity contribution in [3.8, 4) is 0 Å². The van der Waals surface area contributed by atoms with Gasteiger partial charge in [0.2, 0.25) is 5.91 Å². The van der Waals surface area contributed by atoms with Crippen LogP contribution in [0.5, 0.6) is 0 Å². The molecule has 3 N–H and O–H groups in total. The third kappa shape index (κ3) is 3.97. The second kappa shape index (κ2) is 7.09. The Morgan fingerprint density at radius 3 is 2.55 bits per heavy atom. The van der Waals surface area contributed by atoms with Crippen LogP contribution in [0.15, 0.2) is 30.3 Å². The van der Waals surface area contributed by atoms with Gasteiger partial charge in [-0.15, -0.1) is 12.4 Å². The number of nitrogens with one attached hydrogen (secondary N) is 1. The monoisotopic (exact) mass is 296 g/mol. The van der Waals surface area contributed by atoms with E-state index >= 15 is 0 Å². The van der Waals surface area contributed by atoms with E-state index in [0.717, 1.165) is 18.4 Å². The lowest BCUT2D eigenvalue weighted by molar-refractivity contribution is -0.127. The third-order valence-corrected chi connectivity index (χ3v) is 4.12. The molecular weight excluding hydrogens is 272 g/mol. The molecule has 3 unspecified atom stereocenters. The average molecular weight is 297 g/mol. The lowest BCUT2D eigenvalue weighted by atomic mass is 9.86. The van der Waals surface area contributed by atoms with Crippen molar-refractivity contribution in [3.05, 3.63) is 35.9 Å².